The Morgan fingerprint density at radius 1 is 1.62 bits per heavy atom. The van der Waals surface area contributed by atoms with E-state index in [9.17, 15) is 13.0 Å². The molecule has 0 radical (unpaired) electrons. The van der Waals surface area contributed by atoms with Gasteiger partial charge in [0.15, 0.2) is 0 Å². The van der Waals surface area contributed by atoms with E-state index in [2.05, 4.69) is 6.58 Å². The molecule has 0 fully saturated rings. The standard InChI is InChI=1S/C3H6O3S.Fr/c1-2-3-7(4,5)6;/h2H,1,3H2,(H,4,5,6);/q;+1/p-1. The van der Waals surface area contributed by atoms with Crippen LogP contribution in [0.1, 0.15) is 0 Å². The molecule has 5 heteroatoms. The third-order valence-corrected chi connectivity index (χ3v) is 0.966. The Kier molecular flexibility index (Phi) is 7.58. The van der Waals surface area contributed by atoms with Gasteiger partial charge in [-0.25, -0.2) is 8.42 Å². The first-order valence-corrected chi connectivity index (χ1v) is 3.18. The Balaban J connectivity index is 0. The fourth-order valence-electron chi connectivity index (χ4n) is 0.144. The van der Waals surface area contributed by atoms with Gasteiger partial charge >= 0.3 is 49.9 Å². The van der Waals surface area contributed by atoms with E-state index in [1.807, 2.05) is 0 Å². The molecule has 0 unspecified atom stereocenters. The van der Waals surface area contributed by atoms with Crippen molar-refractivity contribution in [3.63, 3.8) is 0 Å². The molecule has 0 spiro atoms. The summed E-state index contributed by atoms with van der Waals surface area (Å²) < 4.78 is 28.8. The molecular weight excluding hydrogens is 339 g/mol. The Morgan fingerprint density at radius 2 is 2.00 bits per heavy atom. The monoisotopic (exact) mass is 344 g/mol. The van der Waals surface area contributed by atoms with Crippen molar-refractivity contribution in [1.82, 2.24) is 0 Å². The fraction of sp³-hybridized carbons (Fsp3) is 0.333. The molecule has 0 aromatic carbocycles. The zero-order chi connectivity index (χ0) is 5.91. The summed E-state index contributed by atoms with van der Waals surface area (Å²) in [6, 6.07) is 0. The Labute approximate surface area is 89.9 Å². The smallest absolute Gasteiger partial charge is 0.748 e. The SMILES string of the molecule is C=CCS(=O)(=O)[O-].[Fr+]. The third-order valence-electron chi connectivity index (χ3n) is 0.322. The molecule has 0 aliphatic heterocycles. The van der Waals surface area contributed by atoms with Crippen LogP contribution in [0.5, 0.6) is 0 Å². The van der Waals surface area contributed by atoms with Crippen LogP contribution < -0.4 is 0 Å². The quantitative estimate of drug-likeness (QED) is 0.511. The third kappa shape index (κ3) is 10.3. The summed E-state index contributed by atoms with van der Waals surface area (Å²) in [5, 5.41) is 0. The Bertz CT molecular complexity index is 148. The van der Waals surface area contributed by atoms with Crippen molar-refractivity contribution >= 4 is 10.1 Å². The molecule has 0 aliphatic carbocycles. The molecule has 0 aliphatic rings. The minimum atomic E-state index is -4.04. The maximum Gasteiger partial charge on any atom is 1.00 e. The zero-order valence-electron chi connectivity index (χ0n) is 4.62. The number of rotatable bonds is 2. The van der Waals surface area contributed by atoms with Gasteiger partial charge in [0.25, 0.3) is 0 Å². The van der Waals surface area contributed by atoms with E-state index in [1.165, 1.54) is 0 Å². The van der Waals surface area contributed by atoms with Crippen LogP contribution in [0.3, 0.4) is 0 Å². The van der Waals surface area contributed by atoms with Gasteiger partial charge in [-0.15, -0.1) is 6.58 Å². The molecule has 0 saturated heterocycles. The van der Waals surface area contributed by atoms with E-state index in [4.69, 9.17) is 0 Å². The minimum Gasteiger partial charge on any atom is -0.748 e. The summed E-state index contributed by atoms with van der Waals surface area (Å²) in [6.45, 7) is 3.07. The molecular formula is C3H5FrO3S. The summed E-state index contributed by atoms with van der Waals surface area (Å²) in [6.07, 6.45) is 1.06. The van der Waals surface area contributed by atoms with Crippen molar-refractivity contribution in [2.75, 3.05) is 5.75 Å². The molecule has 0 aromatic rings. The van der Waals surface area contributed by atoms with Crippen LogP contribution in [0.4, 0.5) is 0 Å². The van der Waals surface area contributed by atoms with Gasteiger partial charge in [0.2, 0.25) is 0 Å². The van der Waals surface area contributed by atoms with Gasteiger partial charge in [0.1, 0.15) is 0 Å². The van der Waals surface area contributed by atoms with E-state index < -0.39 is 15.9 Å². The Morgan fingerprint density at radius 3 is 2.00 bits per heavy atom. The van der Waals surface area contributed by atoms with Crippen LogP contribution in [0.25, 0.3) is 0 Å². The number of hydrogen-bond donors (Lipinski definition) is 0. The molecule has 0 N–H and O–H groups in total. The molecule has 0 bridgehead atoms. The van der Waals surface area contributed by atoms with Crippen molar-refractivity contribution in [2.45, 2.75) is 0 Å². The van der Waals surface area contributed by atoms with Crippen LogP contribution in [0.2, 0.25) is 0 Å². The average Bonchev–Trinajstić information content (AvgIpc) is 1.30. The zero-order valence-corrected chi connectivity index (χ0v) is 13.7. The van der Waals surface area contributed by atoms with E-state index in [0.29, 0.717) is 0 Å². The molecule has 0 rings (SSSR count). The van der Waals surface area contributed by atoms with Crippen LogP contribution >= 0.6 is 0 Å². The van der Waals surface area contributed by atoms with Crippen LogP contribution in [-0.2, 0) is 10.1 Å². The van der Waals surface area contributed by atoms with Gasteiger partial charge in [-0.05, 0) is 0 Å². The Hall–Kier alpha value is 1.25. The van der Waals surface area contributed by atoms with Crippen molar-refractivity contribution in [1.29, 1.82) is 0 Å². The first-order valence-electron chi connectivity index (χ1n) is 1.61. The molecule has 0 saturated carbocycles. The summed E-state index contributed by atoms with van der Waals surface area (Å²) in [5.41, 5.74) is 0. The van der Waals surface area contributed by atoms with Gasteiger partial charge in [-0.1, -0.05) is 6.08 Å². The maximum absolute atomic E-state index is 9.60. The maximum atomic E-state index is 9.60. The van der Waals surface area contributed by atoms with E-state index >= 15 is 0 Å². The minimum absolute atomic E-state index is 0. The van der Waals surface area contributed by atoms with E-state index in [1.54, 1.807) is 0 Å². The molecule has 0 aromatic heterocycles. The second kappa shape index (κ2) is 5.07. The molecule has 8 heavy (non-hydrogen) atoms. The molecule has 0 amide bonds. The average molecular weight is 344 g/mol. The van der Waals surface area contributed by atoms with Gasteiger partial charge in [0.05, 0.1) is 15.9 Å². The van der Waals surface area contributed by atoms with Crippen LogP contribution in [0.15, 0.2) is 12.7 Å². The molecule has 0 heterocycles. The summed E-state index contributed by atoms with van der Waals surface area (Å²) in [4.78, 5) is 0. The second-order valence-corrected chi connectivity index (χ2v) is 2.46. The largest absolute Gasteiger partial charge is 1.00 e. The predicted octanol–water partition coefficient (Wildman–Crippen LogP) is -0.282. The summed E-state index contributed by atoms with van der Waals surface area (Å²) >= 11 is 0. The van der Waals surface area contributed by atoms with Crippen LogP contribution in [0, 0.1) is 49.9 Å². The first-order chi connectivity index (χ1) is 3.06. The van der Waals surface area contributed by atoms with Gasteiger partial charge in [-0.3, -0.25) is 0 Å². The van der Waals surface area contributed by atoms with E-state index in [-0.39, 0.29) is 49.9 Å². The van der Waals surface area contributed by atoms with Crippen molar-refractivity contribution in [2.24, 2.45) is 0 Å². The number of hydrogen-bond acceptors (Lipinski definition) is 3. The molecule has 42 valence electrons. The van der Waals surface area contributed by atoms with Crippen molar-refractivity contribution in [3.8, 4) is 0 Å². The van der Waals surface area contributed by atoms with Crippen molar-refractivity contribution in [3.05, 3.63) is 12.7 Å². The first kappa shape index (κ1) is 12.0. The van der Waals surface area contributed by atoms with Gasteiger partial charge in [-0.2, -0.15) is 0 Å². The topological polar surface area (TPSA) is 57.2 Å². The van der Waals surface area contributed by atoms with Gasteiger partial charge in [0, 0.05) is 0 Å². The molecule has 0 atom stereocenters. The summed E-state index contributed by atoms with van der Waals surface area (Å²) in [7, 11) is -4.04. The molecule has 3 nitrogen and oxygen atoms in total. The van der Waals surface area contributed by atoms with Crippen LogP contribution in [-0.4, -0.2) is 18.7 Å². The second-order valence-electron chi connectivity index (χ2n) is 1.01. The fourth-order valence-corrected chi connectivity index (χ4v) is 0.433. The van der Waals surface area contributed by atoms with E-state index in [0.717, 1.165) is 6.08 Å². The van der Waals surface area contributed by atoms with Crippen molar-refractivity contribution < 1.29 is 62.8 Å². The normalized spacial score (nSPS) is 9.62. The predicted molar refractivity (Wildman–Crippen MR) is 24.8 cm³/mol. The summed E-state index contributed by atoms with van der Waals surface area (Å²) in [5.74, 6) is -0.479. The van der Waals surface area contributed by atoms with Gasteiger partial charge < -0.3 is 4.55 Å².